The molecule has 1 aromatic carbocycles. The van der Waals surface area contributed by atoms with Crippen molar-refractivity contribution in [2.24, 2.45) is 4.99 Å². The SMILES string of the molecule is CCOC(=O)CN1Cc2c(ccc(Cl)c2Cl)N=C1NC#N. The van der Waals surface area contributed by atoms with Crippen LogP contribution < -0.4 is 5.32 Å². The van der Waals surface area contributed by atoms with Crippen LogP contribution in [0, 0.1) is 11.5 Å². The van der Waals surface area contributed by atoms with Gasteiger partial charge in [-0.15, -0.1) is 0 Å². The average molecular weight is 327 g/mol. The van der Waals surface area contributed by atoms with Gasteiger partial charge in [-0.1, -0.05) is 23.2 Å². The van der Waals surface area contributed by atoms with Crippen molar-refractivity contribution in [2.45, 2.75) is 13.5 Å². The van der Waals surface area contributed by atoms with E-state index in [9.17, 15) is 4.79 Å². The second-order valence-corrected chi connectivity index (χ2v) is 4.98. The zero-order chi connectivity index (χ0) is 15.4. The lowest BCUT2D eigenvalue weighted by Gasteiger charge is -2.29. The molecule has 0 aliphatic carbocycles. The third-order valence-electron chi connectivity index (χ3n) is 2.84. The molecule has 0 saturated carbocycles. The number of guanidine groups is 1. The predicted molar refractivity (Wildman–Crippen MR) is 79.3 cm³/mol. The van der Waals surface area contributed by atoms with Gasteiger partial charge in [-0.05, 0) is 19.1 Å². The molecule has 1 N–H and O–H groups in total. The van der Waals surface area contributed by atoms with Crippen LogP contribution in [0.5, 0.6) is 0 Å². The molecule has 1 aliphatic heterocycles. The van der Waals surface area contributed by atoms with E-state index in [-0.39, 0.29) is 19.1 Å². The molecule has 0 fully saturated rings. The topological polar surface area (TPSA) is 77.7 Å². The van der Waals surface area contributed by atoms with Crippen molar-refractivity contribution in [3.05, 3.63) is 27.7 Å². The average Bonchev–Trinajstić information content (AvgIpc) is 2.45. The van der Waals surface area contributed by atoms with Crippen molar-refractivity contribution >= 4 is 40.8 Å². The van der Waals surface area contributed by atoms with Gasteiger partial charge < -0.3 is 9.64 Å². The largest absolute Gasteiger partial charge is 0.465 e. The molecule has 0 spiro atoms. The fourth-order valence-electron chi connectivity index (χ4n) is 1.94. The molecule has 0 amide bonds. The maximum absolute atomic E-state index is 11.6. The van der Waals surface area contributed by atoms with Crippen LogP contribution in [0.15, 0.2) is 17.1 Å². The molecule has 2 rings (SSSR count). The molecule has 1 aliphatic rings. The van der Waals surface area contributed by atoms with Gasteiger partial charge in [0, 0.05) is 5.56 Å². The Morgan fingerprint density at radius 2 is 2.33 bits per heavy atom. The Kier molecular flexibility index (Phi) is 4.89. The first-order chi connectivity index (χ1) is 10.1. The number of nitrogens with one attached hydrogen (secondary N) is 1. The molecule has 110 valence electrons. The summed E-state index contributed by atoms with van der Waals surface area (Å²) >= 11 is 12.2. The third-order valence-corrected chi connectivity index (χ3v) is 3.68. The highest BCUT2D eigenvalue weighted by atomic mass is 35.5. The van der Waals surface area contributed by atoms with Crippen molar-refractivity contribution in [2.75, 3.05) is 13.2 Å². The zero-order valence-electron chi connectivity index (χ0n) is 11.2. The lowest BCUT2D eigenvalue weighted by Crippen LogP contribution is -2.43. The molecule has 21 heavy (non-hydrogen) atoms. The standard InChI is InChI=1S/C13H12Cl2N4O2/c1-2-21-11(20)6-19-5-8-10(18-13(19)17-7-16)4-3-9(14)12(8)15/h3-4H,2,5-6H2,1H3,(H,17,18). The molecular weight excluding hydrogens is 315 g/mol. The minimum Gasteiger partial charge on any atom is -0.465 e. The van der Waals surface area contributed by atoms with E-state index >= 15 is 0 Å². The van der Waals surface area contributed by atoms with Crippen LogP contribution in [0.1, 0.15) is 12.5 Å². The van der Waals surface area contributed by atoms with Gasteiger partial charge in [0.25, 0.3) is 0 Å². The Balaban J connectivity index is 2.33. The zero-order valence-corrected chi connectivity index (χ0v) is 12.7. The highest BCUT2D eigenvalue weighted by molar-refractivity contribution is 6.42. The van der Waals surface area contributed by atoms with E-state index in [1.165, 1.54) is 0 Å². The van der Waals surface area contributed by atoms with E-state index in [1.54, 1.807) is 30.1 Å². The summed E-state index contributed by atoms with van der Waals surface area (Å²) < 4.78 is 4.91. The number of aliphatic imine (C=N–C) groups is 1. The Morgan fingerprint density at radius 3 is 3.00 bits per heavy atom. The highest BCUT2D eigenvalue weighted by Gasteiger charge is 2.25. The number of nitriles is 1. The number of carbonyl (C=O) groups is 1. The van der Waals surface area contributed by atoms with Crippen LogP contribution in [0.4, 0.5) is 5.69 Å². The minimum atomic E-state index is -0.411. The first-order valence-corrected chi connectivity index (χ1v) is 6.93. The number of halogens is 2. The Labute approximate surface area is 131 Å². The molecular formula is C13H12Cl2N4O2. The third kappa shape index (κ3) is 3.38. The van der Waals surface area contributed by atoms with E-state index in [0.29, 0.717) is 27.8 Å². The number of ether oxygens (including phenoxy) is 1. The van der Waals surface area contributed by atoms with Gasteiger partial charge in [-0.3, -0.25) is 10.1 Å². The van der Waals surface area contributed by atoms with Crippen LogP contribution in [-0.4, -0.2) is 30.0 Å². The van der Waals surface area contributed by atoms with E-state index in [4.69, 9.17) is 33.2 Å². The van der Waals surface area contributed by atoms with Crippen molar-refractivity contribution < 1.29 is 9.53 Å². The number of benzene rings is 1. The molecule has 8 heteroatoms. The summed E-state index contributed by atoms with van der Waals surface area (Å²) in [4.78, 5) is 17.5. The van der Waals surface area contributed by atoms with Crippen molar-refractivity contribution in [3.63, 3.8) is 0 Å². The summed E-state index contributed by atoms with van der Waals surface area (Å²) in [5.74, 6) is -0.136. The minimum absolute atomic E-state index is 0.0381. The van der Waals surface area contributed by atoms with Crippen LogP contribution in [0.2, 0.25) is 10.0 Å². The van der Waals surface area contributed by atoms with Crippen LogP contribution in [0.3, 0.4) is 0 Å². The molecule has 0 aromatic heterocycles. The van der Waals surface area contributed by atoms with Crippen LogP contribution >= 0.6 is 23.2 Å². The van der Waals surface area contributed by atoms with Gasteiger partial charge in [-0.25, -0.2) is 4.99 Å². The summed E-state index contributed by atoms with van der Waals surface area (Å²) in [6.07, 6.45) is 1.80. The number of nitrogens with zero attached hydrogens (tertiary/aromatic N) is 3. The first kappa shape index (κ1) is 15.4. The normalized spacial score (nSPS) is 13.0. The Bertz CT molecular complexity index is 640. The van der Waals surface area contributed by atoms with Gasteiger partial charge in [0.2, 0.25) is 5.96 Å². The Morgan fingerprint density at radius 1 is 1.57 bits per heavy atom. The van der Waals surface area contributed by atoms with Gasteiger partial charge in [0.15, 0.2) is 6.19 Å². The van der Waals surface area contributed by atoms with Gasteiger partial charge in [0.05, 0.1) is 28.9 Å². The molecule has 6 nitrogen and oxygen atoms in total. The van der Waals surface area contributed by atoms with E-state index in [2.05, 4.69) is 10.3 Å². The second-order valence-electron chi connectivity index (χ2n) is 4.19. The summed E-state index contributed by atoms with van der Waals surface area (Å²) in [6, 6.07) is 3.35. The quantitative estimate of drug-likeness (QED) is 0.524. The first-order valence-electron chi connectivity index (χ1n) is 6.18. The van der Waals surface area contributed by atoms with E-state index < -0.39 is 5.97 Å². The lowest BCUT2D eigenvalue weighted by molar-refractivity contribution is -0.143. The van der Waals surface area contributed by atoms with Crippen molar-refractivity contribution in [1.29, 1.82) is 5.26 Å². The maximum Gasteiger partial charge on any atom is 0.325 e. The number of rotatable bonds is 3. The predicted octanol–water partition coefficient (Wildman–Crippen LogP) is 2.43. The summed E-state index contributed by atoms with van der Waals surface area (Å²) in [5, 5.41) is 12.0. The molecule has 0 bridgehead atoms. The van der Waals surface area contributed by atoms with Gasteiger partial charge >= 0.3 is 5.97 Å². The number of esters is 1. The van der Waals surface area contributed by atoms with E-state index in [1.807, 2.05) is 0 Å². The molecule has 0 unspecified atom stereocenters. The molecule has 0 saturated heterocycles. The van der Waals surface area contributed by atoms with Gasteiger partial charge in [-0.2, -0.15) is 5.26 Å². The fourth-order valence-corrected chi connectivity index (χ4v) is 2.34. The number of carbonyl (C=O) groups excluding carboxylic acids is 1. The lowest BCUT2D eigenvalue weighted by atomic mass is 10.1. The Hall–Kier alpha value is -1.97. The number of hydrogen-bond acceptors (Lipinski definition) is 6. The van der Waals surface area contributed by atoms with Crippen LogP contribution in [0.25, 0.3) is 0 Å². The molecule has 1 heterocycles. The molecule has 0 radical (unpaired) electrons. The number of hydrogen-bond donors (Lipinski definition) is 1. The highest BCUT2D eigenvalue weighted by Crippen LogP contribution is 2.36. The summed E-state index contributed by atoms with van der Waals surface area (Å²) in [5.41, 5.74) is 1.32. The maximum atomic E-state index is 11.6. The van der Waals surface area contributed by atoms with Crippen molar-refractivity contribution in [3.8, 4) is 6.19 Å². The fraction of sp³-hybridized carbons (Fsp3) is 0.308. The van der Waals surface area contributed by atoms with E-state index in [0.717, 1.165) is 0 Å². The monoisotopic (exact) mass is 326 g/mol. The van der Waals surface area contributed by atoms with Crippen molar-refractivity contribution in [1.82, 2.24) is 10.2 Å². The molecule has 0 atom stereocenters. The summed E-state index contributed by atoms with van der Waals surface area (Å²) in [7, 11) is 0. The molecule has 1 aromatic rings. The smallest absolute Gasteiger partial charge is 0.325 e. The summed E-state index contributed by atoms with van der Waals surface area (Å²) in [6.45, 7) is 2.28. The van der Waals surface area contributed by atoms with Crippen LogP contribution in [-0.2, 0) is 16.1 Å². The van der Waals surface area contributed by atoms with Gasteiger partial charge in [0.1, 0.15) is 6.54 Å². The second kappa shape index (κ2) is 6.66. The number of fused-ring (bicyclic) bond motifs is 1.